The lowest BCUT2D eigenvalue weighted by atomic mass is 9.90. The minimum atomic E-state index is -3.75. The fourth-order valence-corrected chi connectivity index (χ4v) is 6.84. The zero-order valence-corrected chi connectivity index (χ0v) is 21.5. The highest BCUT2D eigenvalue weighted by molar-refractivity contribution is 7.92. The number of rotatable bonds is 7. The van der Waals surface area contributed by atoms with Crippen molar-refractivity contribution < 1.29 is 17.9 Å². The number of sulfonamides is 1. The lowest BCUT2D eigenvalue weighted by molar-refractivity contribution is -0.134. The molecule has 8 heteroatoms. The third kappa shape index (κ3) is 5.22. The Kier molecular flexibility index (Phi) is 7.21. The summed E-state index contributed by atoms with van der Waals surface area (Å²) in [5.41, 5.74) is 3.04. The van der Waals surface area contributed by atoms with Gasteiger partial charge in [0.2, 0.25) is 0 Å². The molecule has 0 atom stereocenters. The third-order valence-electron chi connectivity index (χ3n) is 7.02. The van der Waals surface area contributed by atoms with E-state index in [1.807, 2.05) is 35.2 Å². The van der Waals surface area contributed by atoms with Crippen LogP contribution in [-0.2, 0) is 27.7 Å². The number of likely N-dealkylation sites (tertiary alicyclic amines) is 1. The molecule has 1 amide bonds. The van der Waals surface area contributed by atoms with Crippen molar-refractivity contribution in [2.75, 3.05) is 30.5 Å². The van der Waals surface area contributed by atoms with Crippen LogP contribution in [0.2, 0.25) is 5.02 Å². The van der Waals surface area contributed by atoms with Gasteiger partial charge in [0.15, 0.2) is 6.61 Å². The normalized spacial score (nSPS) is 16.1. The van der Waals surface area contributed by atoms with Crippen molar-refractivity contribution in [3.8, 4) is 5.75 Å². The van der Waals surface area contributed by atoms with Crippen LogP contribution in [0.5, 0.6) is 5.75 Å². The Morgan fingerprint density at radius 1 is 0.944 bits per heavy atom. The number of hydrogen-bond acceptors (Lipinski definition) is 4. The van der Waals surface area contributed by atoms with Crippen LogP contribution >= 0.6 is 11.6 Å². The van der Waals surface area contributed by atoms with E-state index in [0.29, 0.717) is 43.4 Å². The molecular formula is C28H29ClN2O4S. The van der Waals surface area contributed by atoms with Crippen molar-refractivity contribution in [3.63, 3.8) is 0 Å². The summed E-state index contributed by atoms with van der Waals surface area (Å²) in [6.07, 6.45) is 3.64. The highest BCUT2D eigenvalue weighted by Crippen LogP contribution is 2.35. The maximum absolute atomic E-state index is 13.2. The highest BCUT2D eigenvalue weighted by atomic mass is 35.5. The van der Waals surface area contributed by atoms with E-state index < -0.39 is 10.0 Å². The number of benzene rings is 3. The second kappa shape index (κ2) is 10.5. The number of carbonyl (C=O) groups is 1. The summed E-state index contributed by atoms with van der Waals surface area (Å²) in [5, 5.41) is 0.165. The largest absolute Gasteiger partial charge is 0.482 e. The van der Waals surface area contributed by atoms with Gasteiger partial charge in [-0.2, -0.15) is 0 Å². The van der Waals surface area contributed by atoms with E-state index in [9.17, 15) is 13.2 Å². The Morgan fingerprint density at radius 2 is 1.67 bits per heavy atom. The van der Waals surface area contributed by atoms with Gasteiger partial charge < -0.3 is 9.64 Å². The van der Waals surface area contributed by atoms with Gasteiger partial charge in [0.25, 0.3) is 15.9 Å². The highest BCUT2D eigenvalue weighted by Gasteiger charge is 2.31. The molecule has 0 unspecified atom stereocenters. The minimum absolute atomic E-state index is 0.0883. The van der Waals surface area contributed by atoms with Crippen LogP contribution in [0.25, 0.3) is 0 Å². The van der Waals surface area contributed by atoms with Crippen molar-refractivity contribution in [2.45, 2.75) is 30.6 Å². The Balaban J connectivity index is 1.16. The molecule has 0 N–H and O–H groups in total. The molecule has 0 bridgehead atoms. The third-order valence-corrected chi connectivity index (χ3v) is 9.13. The predicted octanol–water partition coefficient (Wildman–Crippen LogP) is 4.95. The van der Waals surface area contributed by atoms with E-state index >= 15 is 0 Å². The maximum atomic E-state index is 13.2. The van der Waals surface area contributed by atoms with Crippen LogP contribution in [0.3, 0.4) is 0 Å². The number of halogens is 1. The molecule has 3 aromatic rings. The second-order valence-corrected chi connectivity index (χ2v) is 11.6. The van der Waals surface area contributed by atoms with E-state index in [1.165, 1.54) is 28.1 Å². The van der Waals surface area contributed by atoms with Gasteiger partial charge in [0.05, 0.1) is 15.6 Å². The average molecular weight is 525 g/mol. The number of ether oxygens (including phenoxy) is 1. The summed E-state index contributed by atoms with van der Waals surface area (Å²) in [4.78, 5) is 14.7. The Hall–Kier alpha value is -3.03. The Labute approximate surface area is 217 Å². The lowest BCUT2D eigenvalue weighted by Gasteiger charge is -2.32. The fourth-order valence-electron chi connectivity index (χ4n) is 5.01. The summed E-state index contributed by atoms with van der Waals surface area (Å²) in [6.45, 7) is 1.69. The SMILES string of the molecule is O=C(COc1ccc(S(=O)(=O)N2CCc3ccccc32)cc1Cl)N1CCC(Cc2ccccc2)CC1. The van der Waals surface area contributed by atoms with Crippen LogP contribution in [0.15, 0.2) is 77.7 Å². The van der Waals surface area contributed by atoms with E-state index in [2.05, 4.69) is 24.3 Å². The molecule has 36 heavy (non-hydrogen) atoms. The minimum Gasteiger partial charge on any atom is -0.482 e. The number of carbonyl (C=O) groups excluding carboxylic acids is 1. The summed E-state index contributed by atoms with van der Waals surface area (Å²) in [5.74, 6) is 0.781. The topological polar surface area (TPSA) is 66.9 Å². The average Bonchev–Trinajstić information content (AvgIpc) is 3.34. The number of fused-ring (bicyclic) bond motifs is 1. The van der Waals surface area contributed by atoms with Gasteiger partial charge in [-0.15, -0.1) is 0 Å². The molecule has 0 aromatic heterocycles. The van der Waals surface area contributed by atoms with Crippen LogP contribution in [0.4, 0.5) is 5.69 Å². The van der Waals surface area contributed by atoms with Crippen LogP contribution in [0.1, 0.15) is 24.0 Å². The maximum Gasteiger partial charge on any atom is 0.264 e. The molecule has 2 aliphatic heterocycles. The molecule has 2 heterocycles. The zero-order valence-electron chi connectivity index (χ0n) is 20.0. The van der Waals surface area contributed by atoms with Crippen molar-refractivity contribution in [1.82, 2.24) is 4.90 Å². The number of para-hydroxylation sites is 1. The van der Waals surface area contributed by atoms with Gasteiger partial charge in [0, 0.05) is 19.6 Å². The van der Waals surface area contributed by atoms with Gasteiger partial charge in [-0.25, -0.2) is 8.42 Å². The molecule has 2 aliphatic rings. The fraction of sp³-hybridized carbons (Fsp3) is 0.321. The molecule has 5 rings (SSSR count). The number of hydrogen-bond donors (Lipinski definition) is 0. The Bertz CT molecular complexity index is 1340. The van der Waals surface area contributed by atoms with E-state index in [0.717, 1.165) is 24.8 Å². The van der Waals surface area contributed by atoms with Crippen LogP contribution < -0.4 is 9.04 Å². The molecule has 0 radical (unpaired) electrons. The van der Waals surface area contributed by atoms with Gasteiger partial charge in [-0.05, 0) is 67.0 Å². The van der Waals surface area contributed by atoms with Gasteiger partial charge in [-0.1, -0.05) is 60.1 Å². The van der Waals surface area contributed by atoms with E-state index in [-0.39, 0.29) is 22.4 Å². The first kappa shape index (κ1) is 24.7. The molecule has 0 spiro atoms. The summed E-state index contributed by atoms with van der Waals surface area (Å²) in [7, 11) is -3.75. The molecule has 1 saturated heterocycles. The molecular weight excluding hydrogens is 496 g/mol. The van der Waals surface area contributed by atoms with Crippen molar-refractivity contribution in [2.24, 2.45) is 5.92 Å². The standard InChI is InChI=1S/C28H29ClN2O4S/c29-25-19-24(36(33,34)31-17-14-23-8-4-5-9-26(23)31)10-11-27(25)35-20-28(32)30-15-12-22(13-16-30)18-21-6-2-1-3-7-21/h1-11,19,22H,12-18,20H2. The summed E-state index contributed by atoms with van der Waals surface area (Å²) >= 11 is 6.37. The molecule has 1 fully saturated rings. The molecule has 6 nitrogen and oxygen atoms in total. The van der Waals surface area contributed by atoms with Crippen LogP contribution in [-0.4, -0.2) is 45.5 Å². The summed E-state index contributed by atoms with van der Waals surface area (Å²) in [6, 6.07) is 22.3. The monoisotopic (exact) mass is 524 g/mol. The zero-order chi connectivity index (χ0) is 25.1. The smallest absolute Gasteiger partial charge is 0.264 e. The lowest BCUT2D eigenvalue weighted by Crippen LogP contribution is -2.41. The van der Waals surface area contributed by atoms with Gasteiger partial charge in [-0.3, -0.25) is 9.10 Å². The van der Waals surface area contributed by atoms with Crippen molar-refractivity contribution >= 4 is 33.2 Å². The number of anilines is 1. The predicted molar refractivity (Wildman–Crippen MR) is 141 cm³/mol. The molecule has 188 valence electrons. The Morgan fingerprint density at radius 3 is 2.42 bits per heavy atom. The van der Waals surface area contributed by atoms with Gasteiger partial charge >= 0.3 is 0 Å². The quantitative estimate of drug-likeness (QED) is 0.438. The van der Waals surface area contributed by atoms with Crippen LogP contribution in [0, 0.1) is 5.92 Å². The first-order chi connectivity index (χ1) is 17.4. The molecule has 3 aromatic carbocycles. The first-order valence-electron chi connectivity index (χ1n) is 12.3. The number of amides is 1. The molecule has 0 aliphatic carbocycles. The first-order valence-corrected chi connectivity index (χ1v) is 14.1. The van der Waals surface area contributed by atoms with E-state index in [1.54, 1.807) is 0 Å². The number of nitrogens with zero attached hydrogens (tertiary/aromatic N) is 2. The molecule has 0 saturated carbocycles. The second-order valence-electron chi connectivity index (χ2n) is 9.35. The van der Waals surface area contributed by atoms with E-state index in [4.69, 9.17) is 16.3 Å². The summed E-state index contributed by atoms with van der Waals surface area (Å²) < 4.78 is 33.6. The van der Waals surface area contributed by atoms with Crippen molar-refractivity contribution in [3.05, 3.63) is 88.9 Å². The van der Waals surface area contributed by atoms with Crippen molar-refractivity contribution in [1.29, 1.82) is 0 Å². The van der Waals surface area contributed by atoms with Gasteiger partial charge in [0.1, 0.15) is 5.75 Å². The number of piperidine rings is 1.